The highest BCUT2D eigenvalue weighted by Crippen LogP contribution is 2.26. The molecule has 14 heavy (non-hydrogen) atoms. The van der Waals surface area contributed by atoms with Gasteiger partial charge in [0.1, 0.15) is 0 Å². The van der Waals surface area contributed by atoms with Crippen LogP contribution in [0.2, 0.25) is 0 Å². The lowest BCUT2D eigenvalue weighted by Gasteiger charge is -2.22. The summed E-state index contributed by atoms with van der Waals surface area (Å²) >= 11 is 0. The zero-order chi connectivity index (χ0) is 10.6. The highest BCUT2D eigenvalue weighted by Gasteiger charge is 2.16. The number of aliphatic hydroxyl groups is 2. The molecule has 2 nitrogen and oxygen atoms in total. The fraction of sp³-hybridized carbons (Fsp3) is 0.833. The van der Waals surface area contributed by atoms with Crippen molar-refractivity contribution in [3.63, 3.8) is 0 Å². The van der Waals surface area contributed by atoms with Crippen LogP contribution in [-0.2, 0) is 0 Å². The minimum atomic E-state index is -0.517. The first kappa shape index (κ1) is 11.7. The second kappa shape index (κ2) is 5.52. The van der Waals surface area contributed by atoms with E-state index in [1.165, 1.54) is 32.1 Å². The Labute approximate surface area is 86.6 Å². The van der Waals surface area contributed by atoms with Crippen LogP contribution in [0, 0.1) is 5.92 Å². The molecule has 0 aromatic carbocycles. The summed E-state index contributed by atoms with van der Waals surface area (Å²) in [5.74, 6) is 0.572. The third-order valence-corrected chi connectivity index (χ3v) is 3.04. The van der Waals surface area contributed by atoms with Crippen molar-refractivity contribution in [2.24, 2.45) is 5.92 Å². The van der Waals surface area contributed by atoms with Gasteiger partial charge in [0.15, 0.2) is 0 Å². The first-order valence-electron chi connectivity index (χ1n) is 5.69. The van der Waals surface area contributed by atoms with Crippen molar-refractivity contribution in [2.45, 2.75) is 58.2 Å². The molecule has 0 aromatic rings. The fourth-order valence-corrected chi connectivity index (χ4v) is 2.20. The standard InChI is InChI=1S/C12H22O2/c1-9(13)12(10(2)14)8-11-6-4-3-5-7-11/h8-11,13-14H,3-7H2,1-2H3. The molecule has 0 aromatic heterocycles. The molecule has 1 saturated carbocycles. The molecule has 2 unspecified atom stereocenters. The molecule has 0 radical (unpaired) electrons. The Bertz CT molecular complexity index is 178. The lowest BCUT2D eigenvalue weighted by atomic mass is 9.86. The third kappa shape index (κ3) is 3.43. The van der Waals surface area contributed by atoms with Crippen LogP contribution in [0.1, 0.15) is 46.0 Å². The predicted molar refractivity (Wildman–Crippen MR) is 58.0 cm³/mol. The molecule has 0 spiro atoms. The van der Waals surface area contributed by atoms with Crippen LogP contribution in [0.4, 0.5) is 0 Å². The molecule has 82 valence electrons. The average Bonchev–Trinajstić information content (AvgIpc) is 2.15. The molecule has 0 heterocycles. The Balaban J connectivity index is 2.60. The van der Waals surface area contributed by atoms with Crippen LogP contribution in [-0.4, -0.2) is 22.4 Å². The van der Waals surface area contributed by atoms with Gasteiger partial charge >= 0.3 is 0 Å². The van der Waals surface area contributed by atoms with Crippen molar-refractivity contribution in [2.75, 3.05) is 0 Å². The summed E-state index contributed by atoms with van der Waals surface area (Å²) in [6.45, 7) is 3.45. The third-order valence-electron chi connectivity index (χ3n) is 3.04. The second-order valence-corrected chi connectivity index (χ2v) is 4.42. The summed E-state index contributed by atoms with van der Waals surface area (Å²) in [6.07, 6.45) is 7.39. The first-order chi connectivity index (χ1) is 6.61. The van der Waals surface area contributed by atoms with E-state index >= 15 is 0 Å². The first-order valence-corrected chi connectivity index (χ1v) is 5.69. The van der Waals surface area contributed by atoms with Crippen molar-refractivity contribution in [3.8, 4) is 0 Å². The topological polar surface area (TPSA) is 40.5 Å². The molecule has 1 rings (SSSR count). The molecule has 2 heteroatoms. The molecular weight excluding hydrogens is 176 g/mol. The van der Waals surface area contributed by atoms with E-state index in [1.807, 2.05) is 0 Å². The zero-order valence-electron chi connectivity index (χ0n) is 9.24. The second-order valence-electron chi connectivity index (χ2n) is 4.42. The quantitative estimate of drug-likeness (QED) is 0.683. The van der Waals surface area contributed by atoms with Crippen LogP contribution in [0.25, 0.3) is 0 Å². The predicted octanol–water partition coefficient (Wildman–Crippen LogP) is 2.25. The van der Waals surface area contributed by atoms with Gasteiger partial charge in [0.25, 0.3) is 0 Å². The molecule has 1 fully saturated rings. The Kier molecular flexibility index (Phi) is 4.63. The molecular formula is C12H22O2. The Hall–Kier alpha value is -0.340. The Morgan fingerprint density at radius 2 is 1.57 bits per heavy atom. The van der Waals surface area contributed by atoms with Crippen LogP contribution < -0.4 is 0 Å². The minimum Gasteiger partial charge on any atom is -0.389 e. The Morgan fingerprint density at radius 3 is 2.00 bits per heavy atom. The summed E-state index contributed by atoms with van der Waals surface area (Å²) in [6, 6.07) is 0. The molecule has 1 aliphatic rings. The molecule has 0 bridgehead atoms. The summed E-state index contributed by atoms with van der Waals surface area (Å²) in [5.41, 5.74) is 0.789. The van der Waals surface area contributed by atoms with Gasteiger partial charge in [-0.3, -0.25) is 0 Å². The van der Waals surface area contributed by atoms with Crippen molar-refractivity contribution < 1.29 is 10.2 Å². The van der Waals surface area contributed by atoms with Crippen LogP contribution in [0.5, 0.6) is 0 Å². The van der Waals surface area contributed by atoms with Gasteiger partial charge < -0.3 is 10.2 Å². The lowest BCUT2D eigenvalue weighted by Crippen LogP contribution is -2.18. The molecule has 1 aliphatic carbocycles. The van der Waals surface area contributed by atoms with Gasteiger partial charge in [0, 0.05) is 0 Å². The molecule has 0 amide bonds. The van der Waals surface area contributed by atoms with Gasteiger partial charge in [-0.05, 0) is 38.2 Å². The largest absolute Gasteiger partial charge is 0.389 e. The number of rotatable bonds is 3. The van der Waals surface area contributed by atoms with Gasteiger partial charge in [-0.1, -0.05) is 25.3 Å². The highest BCUT2D eigenvalue weighted by atomic mass is 16.3. The number of hydrogen-bond donors (Lipinski definition) is 2. The van der Waals surface area contributed by atoms with Gasteiger partial charge in [-0.2, -0.15) is 0 Å². The van der Waals surface area contributed by atoms with E-state index < -0.39 is 12.2 Å². The summed E-state index contributed by atoms with van der Waals surface area (Å²) in [4.78, 5) is 0. The van der Waals surface area contributed by atoms with Gasteiger partial charge in [0.05, 0.1) is 12.2 Å². The lowest BCUT2D eigenvalue weighted by molar-refractivity contribution is 0.162. The Morgan fingerprint density at radius 1 is 1.07 bits per heavy atom. The van der Waals surface area contributed by atoms with E-state index in [4.69, 9.17) is 0 Å². The van der Waals surface area contributed by atoms with Crippen molar-refractivity contribution >= 4 is 0 Å². The highest BCUT2D eigenvalue weighted by molar-refractivity contribution is 5.13. The van der Waals surface area contributed by atoms with Crippen molar-refractivity contribution in [1.82, 2.24) is 0 Å². The average molecular weight is 198 g/mol. The van der Waals surface area contributed by atoms with Crippen LogP contribution >= 0.6 is 0 Å². The van der Waals surface area contributed by atoms with Gasteiger partial charge in [-0.25, -0.2) is 0 Å². The summed E-state index contributed by atoms with van der Waals surface area (Å²) in [7, 11) is 0. The maximum atomic E-state index is 9.48. The van der Waals surface area contributed by atoms with E-state index in [0.717, 1.165) is 5.57 Å². The molecule has 2 N–H and O–H groups in total. The van der Waals surface area contributed by atoms with Crippen molar-refractivity contribution in [1.29, 1.82) is 0 Å². The summed E-state index contributed by atoms with van der Waals surface area (Å²) < 4.78 is 0. The SMILES string of the molecule is CC(O)C(=CC1CCCCC1)C(C)O. The smallest absolute Gasteiger partial charge is 0.0746 e. The minimum absolute atomic E-state index is 0.517. The molecule has 0 aliphatic heterocycles. The molecule has 2 atom stereocenters. The van der Waals surface area contributed by atoms with Gasteiger partial charge in [0.2, 0.25) is 0 Å². The monoisotopic (exact) mass is 198 g/mol. The number of aliphatic hydroxyl groups excluding tert-OH is 2. The van der Waals surface area contributed by atoms with E-state index in [9.17, 15) is 10.2 Å². The number of hydrogen-bond acceptors (Lipinski definition) is 2. The van der Waals surface area contributed by atoms with E-state index in [2.05, 4.69) is 6.08 Å². The van der Waals surface area contributed by atoms with E-state index in [-0.39, 0.29) is 0 Å². The maximum Gasteiger partial charge on any atom is 0.0746 e. The summed E-state index contributed by atoms with van der Waals surface area (Å²) in [5, 5.41) is 19.0. The van der Waals surface area contributed by atoms with Crippen LogP contribution in [0.15, 0.2) is 11.6 Å². The number of allylic oxidation sites excluding steroid dienone is 1. The van der Waals surface area contributed by atoms with E-state index in [1.54, 1.807) is 13.8 Å². The van der Waals surface area contributed by atoms with E-state index in [0.29, 0.717) is 5.92 Å². The van der Waals surface area contributed by atoms with Gasteiger partial charge in [-0.15, -0.1) is 0 Å². The van der Waals surface area contributed by atoms with Crippen LogP contribution in [0.3, 0.4) is 0 Å². The zero-order valence-corrected chi connectivity index (χ0v) is 9.24. The fourth-order valence-electron chi connectivity index (χ4n) is 2.20. The molecule has 0 saturated heterocycles. The maximum absolute atomic E-state index is 9.48. The normalized spacial score (nSPS) is 22.9. The van der Waals surface area contributed by atoms with Crippen molar-refractivity contribution in [3.05, 3.63) is 11.6 Å².